The zero-order valence-corrected chi connectivity index (χ0v) is 10.8. The molecule has 88 valence electrons. The van der Waals surface area contributed by atoms with Crippen molar-refractivity contribution in [2.45, 2.75) is 0 Å². The number of thiol groups is 1. The van der Waals surface area contributed by atoms with E-state index in [1.807, 2.05) is 22.4 Å². The van der Waals surface area contributed by atoms with E-state index in [4.69, 9.17) is 0 Å². The van der Waals surface area contributed by atoms with E-state index in [1.54, 1.807) is 0 Å². The molecule has 2 rings (SSSR count). The standard InChI is InChI=1S/C11H16N2OS2/c14-11(10-2-1-9-16-10)13-5-3-12(4-6-13)7-8-15/h1-2,9,15H,3-8H2. The molecule has 2 heterocycles. The van der Waals surface area contributed by atoms with E-state index < -0.39 is 0 Å². The quantitative estimate of drug-likeness (QED) is 0.827. The summed E-state index contributed by atoms with van der Waals surface area (Å²) in [6.07, 6.45) is 0. The van der Waals surface area contributed by atoms with Crippen LogP contribution >= 0.6 is 24.0 Å². The zero-order valence-electron chi connectivity index (χ0n) is 9.13. The maximum atomic E-state index is 12.0. The van der Waals surface area contributed by atoms with Crippen LogP contribution in [0, 0.1) is 0 Å². The molecule has 1 amide bonds. The van der Waals surface area contributed by atoms with E-state index >= 15 is 0 Å². The fourth-order valence-electron chi connectivity index (χ4n) is 1.87. The molecule has 0 aliphatic carbocycles. The van der Waals surface area contributed by atoms with Gasteiger partial charge in [0.1, 0.15) is 0 Å². The second-order valence-corrected chi connectivity index (χ2v) is 5.23. The number of carbonyl (C=O) groups is 1. The van der Waals surface area contributed by atoms with Gasteiger partial charge >= 0.3 is 0 Å². The minimum absolute atomic E-state index is 0.181. The molecule has 1 aliphatic heterocycles. The van der Waals surface area contributed by atoms with Gasteiger partial charge < -0.3 is 4.90 Å². The predicted molar refractivity (Wildman–Crippen MR) is 70.5 cm³/mol. The lowest BCUT2D eigenvalue weighted by atomic mass is 10.3. The van der Waals surface area contributed by atoms with Gasteiger partial charge in [-0.05, 0) is 11.4 Å². The lowest BCUT2D eigenvalue weighted by Crippen LogP contribution is -2.48. The highest BCUT2D eigenvalue weighted by Gasteiger charge is 2.21. The molecule has 3 nitrogen and oxygen atoms in total. The van der Waals surface area contributed by atoms with Crippen molar-refractivity contribution in [3.05, 3.63) is 22.4 Å². The Balaban J connectivity index is 1.87. The Bertz CT molecular complexity index is 332. The normalized spacial score (nSPS) is 17.7. The molecule has 0 saturated carbocycles. The van der Waals surface area contributed by atoms with Gasteiger partial charge in [-0.15, -0.1) is 11.3 Å². The summed E-state index contributed by atoms with van der Waals surface area (Å²) in [4.78, 5) is 17.2. The SMILES string of the molecule is O=C(c1cccs1)N1CCN(CCS)CC1. The lowest BCUT2D eigenvalue weighted by molar-refractivity contribution is 0.0649. The van der Waals surface area contributed by atoms with Crippen LogP contribution in [0.4, 0.5) is 0 Å². The largest absolute Gasteiger partial charge is 0.335 e. The molecule has 0 unspecified atom stereocenters. The first-order chi connectivity index (χ1) is 7.81. The van der Waals surface area contributed by atoms with Crippen molar-refractivity contribution in [3.63, 3.8) is 0 Å². The number of nitrogens with zero attached hydrogens (tertiary/aromatic N) is 2. The first kappa shape index (κ1) is 12.0. The number of rotatable bonds is 3. The summed E-state index contributed by atoms with van der Waals surface area (Å²) in [5, 5.41) is 1.95. The maximum Gasteiger partial charge on any atom is 0.264 e. The van der Waals surface area contributed by atoms with Crippen molar-refractivity contribution in [3.8, 4) is 0 Å². The topological polar surface area (TPSA) is 23.6 Å². The first-order valence-corrected chi connectivity index (χ1v) is 6.98. The summed E-state index contributed by atoms with van der Waals surface area (Å²) < 4.78 is 0. The van der Waals surface area contributed by atoms with Gasteiger partial charge in [0.15, 0.2) is 0 Å². The summed E-state index contributed by atoms with van der Waals surface area (Å²) in [6, 6.07) is 3.82. The Morgan fingerprint density at radius 1 is 1.38 bits per heavy atom. The highest BCUT2D eigenvalue weighted by atomic mass is 32.1. The van der Waals surface area contributed by atoms with Crippen LogP contribution < -0.4 is 0 Å². The van der Waals surface area contributed by atoms with E-state index in [2.05, 4.69) is 17.5 Å². The summed E-state index contributed by atoms with van der Waals surface area (Å²) in [6.45, 7) is 4.63. The molecule has 1 aromatic heterocycles. The second kappa shape index (κ2) is 5.70. The fraction of sp³-hybridized carbons (Fsp3) is 0.545. The molecular weight excluding hydrogens is 240 g/mol. The Labute approximate surface area is 105 Å². The van der Waals surface area contributed by atoms with E-state index in [0.717, 1.165) is 43.4 Å². The van der Waals surface area contributed by atoms with Gasteiger partial charge in [-0.3, -0.25) is 9.69 Å². The van der Waals surface area contributed by atoms with E-state index in [-0.39, 0.29) is 5.91 Å². The Kier molecular flexibility index (Phi) is 4.26. The van der Waals surface area contributed by atoms with E-state index in [0.29, 0.717) is 0 Å². The third-order valence-electron chi connectivity index (χ3n) is 2.81. The molecule has 0 N–H and O–H groups in total. The summed E-state index contributed by atoms with van der Waals surface area (Å²) in [7, 11) is 0. The van der Waals surface area contributed by atoms with Gasteiger partial charge in [-0.25, -0.2) is 0 Å². The maximum absolute atomic E-state index is 12.0. The van der Waals surface area contributed by atoms with Crippen molar-refractivity contribution < 1.29 is 4.79 Å². The monoisotopic (exact) mass is 256 g/mol. The minimum atomic E-state index is 0.181. The lowest BCUT2D eigenvalue weighted by Gasteiger charge is -2.34. The highest BCUT2D eigenvalue weighted by Crippen LogP contribution is 2.13. The van der Waals surface area contributed by atoms with Gasteiger partial charge in [-0.2, -0.15) is 12.6 Å². The summed E-state index contributed by atoms with van der Waals surface area (Å²) in [5.41, 5.74) is 0. The van der Waals surface area contributed by atoms with Crippen LogP contribution in [-0.2, 0) is 0 Å². The molecule has 16 heavy (non-hydrogen) atoms. The van der Waals surface area contributed by atoms with Crippen LogP contribution in [-0.4, -0.2) is 54.2 Å². The third kappa shape index (κ3) is 2.78. The molecule has 1 aliphatic rings. The number of amides is 1. The van der Waals surface area contributed by atoms with Crippen LogP contribution in [0.1, 0.15) is 9.67 Å². The molecule has 1 saturated heterocycles. The van der Waals surface area contributed by atoms with Crippen LogP contribution in [0.3, 0.4) is 0 Å². The molecule has 0 aromatic carbocycles. The summed E-state index contributed by atoms with van der Waals surface area (Å²) >= 11 is 5.74. The molecule has 0 atom stereocenters. The fourth-order valence-corrected chi connectivity index (χ4v) is 2.85. The molecular formula is C11H16N2OS2. The molecule has 0 bridgehead atoms. The molecule has 1 aromatic rings. The van der Waals surface area contributed by atoms with Crippen LogP contribution in [0.25, 0.3) is 0 Å². The molecule has 0 radical (unpaired) electrons. The van der Waals surface area contributed by atoms with Crippen molar-refractivity contribution in [2.24, 2.45) is 0 Å². The second-order valence-electron chi connectivity index (χ2n) is 3.83. The predicted octanol–water partition coefficient (Wildman–Crippen LogP) is 1.44. The number of hydrogen-bond acceptors (Lipinski definition) is 4. The smallest absolute Gasteiger partial charge is 0.264 e. The average molecular weight is 256 g/mol. The molecule has 0 spiro atoms. The van der Waals surface area contributed by atoms with Crippen LogP contribution in [0.5, 0.6) is 0 Å². The third-order valence-corrected chi connectivity index (χ3v) is 3.87. The Morgan fingerprint density at radius 2 is 2.12 bits per heavy atom. The van der Waals surface area contributed by atoms with Gasteiger partial charge in [0.25, 0.3) is 5.91 Å². The van der Waals surface area contributed by atoms with Gasteiger partial charge in [-0.1, -0.05) is 6.07 Å². The average Bonchev–Trinajstić information content (AvgIpc) is 2.83. The van der Waals surface area contributed by atoms with E-state index in [9.17, 15) is 4.79 Å². The van der Waals surface area contributed by atoms with Crippen molar-refractivity contribution in [1.82, 2.24) is 9.80 Å². The number of hydrogen-bond donors (Lipinski definition) is 1. The number of piperazine rings is 1. The Hall–Kier alpha value is -0.520. The number of carbonyl (C=O) groups excluding carboxylic acids is 1. The minimum Gasteiger partial charge on any atom is -0.335 e. The Morgan fingerprint density at radius 3 is 2.69 bits per heavy atom. The highest BCUT2D eigenvalue weighted by molar-refractivity contribution is 7.80. The molecule has 5 heteroatoms. The van der Waals surface area contributed by atoms with Gasteiger partial charge in [0.2, 0.25) is 0 Å². The van der Waals surface area contributed by atoms with Crippen molar-refractivity contribution >= 4 is 29.9 Å². The van der Waals surface area contributed by atoms with Crippen LogP contribution in [0.2, 0.25) is 0 Å². The van der Waals surface area contributed by atoms with Crippen molar-refractivity contribution in [2.75, 3.05) is 38.5 Å². The van der Waals surface area contributed by atoms with Crippen molar-refractivity contribution in [1.29, 1.82) is 0 Å². The number of thiophene rings is 1. The van der Waals surface area contributed by atoms with E-state index in [1.165, 1.54) is 11.3 Å². The molecule has 1 fully saturated rings. The summed E-state index contributed by atoms with van der Waals surface area (Å²) in [5.74, 6) is 1.07. The van der Waals surface area contributed by atoms with Gasteiger partial charge in [0.05, 0.1) is 4.88 Å². The first-order valence-electron chi connectivity index (χ1n) is 5.47. The zero-order chi connectivity index (χ0) is 11.4. The van der Waals surface area contributed by atoms with Crippen LogP contribution in [0.15, 0.2) is 17.5 Å². The van der Waals surface area contributed by atoms with Gasteiger partial charge in [0, 0.05) is 38.5 Å².